The highest BCUT2D eigenvalue weighted by Crippen LogP contribution is 2.35. The minimum absolute atomic E-state index is 0.238. The van der Waals surface area contributed by atoms with Crippen molar-refractivity contribution in [2.24, 2.45) is 11.8 Å². The molecule has 2 aromatic carbocycles. The summed E-state index contributed by atoms with van der Waals surface area (Å²) in [6.45, 7) is 8.28. The predicted octanol–water partition coefficient (Wildman–Crippen LogP) is 9.76. The van der Waals surface area contributed by atoms with E-state index in [0.717, 1.165) is 95.9 Å². The minimum atomic E-state index is -0.238. The van der Waals surface area contributed by atoms with Crippen molar-refractivity contribution in [2.75, 3.05) is 40.4 Å². The molecule has 0 amide bonds. The fraction of sp³-hybridized carbons (Fsp3) is 0.700. The number of hydrogen-bond donors (Lipinski definition) is 0. The Hall–Kier alpha value is -1.96. The molecule has 0 N–H and O–H groups in total. The summed E-state index contributed by atoms with van der Waals surface area (Å²) in [6.07, 6.45) is 16.7. The van der Waals surface area contributed by atoms with Crippen molar-refractivity contribution in [3.63, 3.8) is 0 Å². The number of hydrogen-bond acceptors (Lipinski definition) is 8. The van der Waals surface area contributed by atoms with Gasteiger partial charge in [0.2, 0.25) is 0 Å². The fourth-order valence-electron chi connectivity index (χ4n) is 9.04. The Labute approximate surface area is 326 Å². The number of halogens is 2. The maximum absolute atomic E-state index is 11.4. The Morgan fingerprint density at radius 2 is 0.923 bits per heavy atom. The molecule has 2 aromatic rings. The fourth-order valence-corrected chi connectivity index (χ4v) is 9.82. The molecule has 2 heterocycles. The molecule has 2 saturated heterocycles. The van der Waals surface area contributed by atoms with Gasteiger partial charge in [0, 0.05) is 58.5 Å². The van der Waals surface area contributed by atoms with Gasteiger partial charge in [0.05, 0.1) is 22.1 Å². The van der Waals surface area contributed by atoms with E-state index in [1.54, 1.807) is 12.1 Å². The van der Waals surface area contributed by atoms with Crippen LogP contribution < -0.4 is 0 Å². The van der Waals surface area contributed by atoms with Crippen LogP contribution in [0.25, 0.3) is 0 Å². The Kier molecular flexibility index (Phi) is 15.5. The molecule has 52 heavy (non-hydrogen) atoms. The van der Waals surface area contributed by atoms with E-state index in [2.05, 4.69) is 41.7 Å². The molecular formula is C40H58Br2N4O6. The molecule has 4 fully saturated rings. The number of nitrogens with zero attached hydrogens (tertiary/aromatic N) is 4. The molecule has 0 bridgehead atoms. The van der Waals surface area contributed by atoms with Gasteiger partial charge in [-0.15, -0.1) is 0 Å². The zero-order valence-corrected chi connectivity index (χ0v) is 34.7. The zero-order chi connectivity index (χ0) is 37.4. The van der Waals surface area contributed by atoms with Crippen LogP contribution in [0.3, 0.4) is 0 Å². The molecule has 10 nitrogen and oxygen atoms in total. The van der Waals surface area contributed by atoms with Gasteiger partial charge in [-0.25, -0.2) is 0 Å². The molecule has 6 rings (SSSR count). The monoisotopic (exact) mass is 848 g/mol. The molecule has 4 aliphatic rings. The normalized spacial score (nSPS) is 25.3. The van der Waals surface area contributed by atoms with Gasteiger partial charge in [-0.3, -0.25) is 20.2 Å². The lowest BCUT2D eigenvalue weighted by molar-refractivity contribution is -0.385. The molecule has 0 atom stereocenters. The number of methoxy groups -OCH3 is 2. The van der Waals surface area contributed by atoms with Crippen molar-refractivity contribution in [1.29, 1.82) is 0 Å². The summed E-state index contributed by atoms with van der Waals surface area (Å²) < 4.78 is 12.9. The third kappa shape index (κ3) is 11.1. The minimum Gasteiger partial charge on any atom is -0.381 e. The van der Waals surface area contributed by atoms with E-state index >= 15 is 0 Å². The zero-order valence-electron chi connectivity index (χ0n) is 31.5. The van der Waals surface area contributed by atoms with Crippen LogP contribution in [-0.2, 0) is 22.3 Å². The second-order valence-electron chi connectivity index (χ2n) is 15.7. The topological polar surface area (TPSA) is 111 Å². The number of aryl methyl sites for hydroxylation is 2. The number of likely N-dealkylation sites (tertiary alicyclic amines) is 2. The van der Waals surface area contributed by atoms with E-state index in [1.807, 2.05) is 40.2 Å². The lowest BCUT2D eigenvalue weighted by atomic mass is 9.86. The highest BCUT2D eigenvalue weighted by Gasteiger charge is 2.32. The van der Waals surface area contributed by atoms with Gasteiger partial charge in [-0.05, 0) is 165 Å². The van der Waals surface area contributed by atoms with Crippen molar-refractivity contribution < 1.29 is 19.3 Å². The van der Waals surface area contributed by atoms with Crippen LogP contribution in [0.1, 0.15) is 99.3 Å². The quantitative estimate of drug-likeness (QED) is 0.172. The predicted molar refractivity (Wildman–Crippen MR) is 213 cm³/mol. The Morgan fingerprint density at radius 1 is 0.596 bits per heavy atom. The van der Waals surface area contributed by atoms with Crippen LogP contribution in [0.2, 0.25) is 0 Å². The first-order chi connectivity index (χ1) is 24.9. The van der Waals surface area contributed by atoms with Gasteiger partial charge < -0.3 is 19.3 Å². The maximum Gasteiger partial charge on any atom is 0.272 e. The van der Waals surface area contributed by atoms with Gasteiger partial charge in [0.25, 0.3) is 11.4 Å². The molecule has 288 valence electrons. The number of rotatable bonds is 10. The van der Waals surface area contributed by atoms with Crippen molar-refractivity contribution in [1.82, 2.24) is 9.80 Å². The molecule has 2 aliphatic heterocycles. The van der Waals surface area contributed by atoms with Gasteiger partial charge in [-0.2, -0.15) is 0 Å². The molecule has 2 aliphatic carbocycles. The highest BCUT2D eigenvalue weighted by atomic mass is 79.9. The number of ether oxygens (including phenoxy) is 2. The van der Waals surface area contributed by atoms with Gasteiger partial charge in [0.15, 0.2) is 0 Å². The van der Waals surface area contributed by atoms with E-state index in [1.165, 1.54) is 51.4 Å². The average Bonchev–Trinajstić information content (AvgIpc) is 3.15. The number of piperidine rings is 2. The van der Waals surface area contributed by atoms with Crippen molar-refractivity contribution in [3.05, 3.63) is 75.7 Å². The van der Waals surface area contributed by atoms with Crippen LogP contribution in [0.15, 0.2) is 33.2 Å². The molecule has 0 aromatic heterocycles. The van der Waals surface area contributed by atoms with Crippen LogP contribution in [0, 0.1) is 45.9 Å². The number of benzene rings is 2. The third-order valence-electron chi connectivity index (χ3n) is 12.4. The lowest BCUT2D eigenvalue weighted by Crippen LogP contribution is -2.44. The summed E-state index contributed by atoms with van der Waals surface area (Å²) >= 11 is 7.05. The smallest absolute Gasteiger partial charge is 0.272 e. The first-order valence-corrected chi connectivity index (χ1v) is 20.9. The first-order valence-electron chi connectivity index (χ1n) is 19.4. The summed E-state index contributed by atoms with van der Waals surface area (Å²) in [5.74, 6) is 1.07. The molecule has 0 unspecified atom stereocenters. The average molecular weight is 851 g/mol. The molecule has 0 radical (unpaired) electrons. The third-order valence-corrected chi connectivity index (χ3v) is 14.1. The van der Waals surface area contributed by atoms with Crippen molar-refractivity contribution >= 4 is 43.2 Å². The molecular weight excluding hydrogens is 792 g/mol. The van der Waals surface area contributed by atoms with Crippen LogP contribution in [0.4, 0.5) is 11.4 Å². The van der Waals surface area contributed by atoms with Gasteiger partial charge in [0.1, 0.15) is 0 Å². The number of nitro benzene ring substituents is 2. The summed E-state index contributed by atoms with van der Waals surface area (Å²) in [5.41, 5.74) is 4.11. The number of nitro groups is 2. The summed E-state index contributed by atoms with van der Waals surface area (Å²) in [6, 6.07) is 8.69. The van der Waals surface area contributed by atoms with E-state index in [0.29, 0.717) is 36.1 Å². The first kappa shape index (κ1) is 41.2. The summed E-state index contributed by atoms with van der Waals surface area (Å²) in [7, 11) is 3.64. The molecule has 12 heteroatoms. The largest absolute Gasteiger partial charge is 0.381 e. The molecule has 0 spiro atoms. The van der Waals surface area contributed by atoms with E-state index in [4.69, 9.17) is 9.47 Å². The Morgan fingerprint density at radius 3 is 1.21 bits per heavy atom. The SMILES string of the molecule is COC1CCC(N2CCC(Cc3cc(Br)c(C)cc3[N+](=O)[O-])CC2)CC1.COC1CCC(N2CCC(Cc3cc(Br)c(C)cc3[N+](=O)[O-])CC2)CC1. The van der Waals surface area contributed by atoms with E-state index in [-0.39, 0.29) is 21.2 Å². The highest BCUT2D eigenvalue weighted by molar-refractivity contribution is 9.10. The van der Waals surface area contributed by atoms with Gasteiger partial charge in [-0.1, -0.05) is 31.9 Å². The lowest BCUT2D eigenvalue weighted by Gasteiger charge is -2.40. The van der Waals surface area contributed by atoms with Crippen molar-refractivity contribution in [2.45, 2.75) is 128 Å². The summed E-state index contributed by atoms with van der Waals surface area (Å²) in [4.78, 5) is 27.6. The second-order valence-corrected chi connectivity index (χ2v) is 17.4. The maximum atomic E-state index is 11.4. The Bertz CT molecular complexity index is 1380. The standard InChI is InChI=1S/2C20H29BrN2O3/c2*1-14-11-20(23(24)25)16(13-19(14)21)12-15-7-9-22(10-8-15)17-3-5-18(26-2)6-4-17/h2*11,13,15,17-18H,3-10,12H2,1-2H3. The molecule has 2 saturated carbocycles. The van der Waals surface area contributed by atoms with E-state index < -0.39 is 0 Å². The van der Waals surface area contributed by atoms with Crippen LogP contribution in [0.5, 0.6) is 0 Å². The van der Waals surface area contributed by atoms with Gasteiger partial charge >= 0.3 is 0 Å². The summed E-state index contributed by atoms with van der Waals surface area (Å²) in [5, 5.41) is 22.8. The van der Waals surface area contributed by atoms with Crippen molar-refractivity contribution in [3.8, 4) is 0 Å². The van der Waals surface area contributed by atoms with Crippen LogP contribution >= 0.6 is 31.9 Å². The second kappa shape index (κ2) is 19.6. The van der Waals surface area contributed by atoms with Crippen LogP contribution in [-0.4, -0.2) is 84.3 Å². The Balaban J connectivity index is 0.000000201. The van der Waals surface area contributed by atoms with E-state index in [9.17, 15) is 20.2 Å².